The fourth-order valence-corrected chi connectivity index (χ4v) is 3.09. The first-order valence-electron chi connectivity index (χ1n) is 7.79. The first-order chi connectivity index (χ1) is 11.1. The van der Waals surface area contributed by atoms with Gasteiger partial charge in [-0.15, -0.1) is 0 Å². The van der Waals surface area contributed by atoms with Crippen LogP contribution in [-0.4, -0.2) is 37.0 Å². The van der Waals surface area contributed by atoms with Crippen molar-refractivity contribution in [2.24, 2.45) is 5.92 Å². The molecule has 1 N–H and O–H groups in total. The number of alkyl halides is 2. The van der Waals surface area contributed by atoms with Gasteiger partial charge in [0.1, 0.15) is 0 Å². The molecule has 1 aliphatic rings. The molecule has 6 heteroatoms. The van der Waals surface area contributed by atoms with Crippen LogP contribution in [-0.2, 0) is 4.79 Å². The number of carbonyl (C=O) groups is 1. The van der Waals surface area contributed by atoms with E-state index in [1.165, 1.54) is 0 Å². The van der Waals surface area contributed by atoms with Gasteiger partial charge < -0.3 is 10.2 Å². The molecule has 1 aliphatic heterocycles. The number of rotatable bonds is 4. The highest BCUT2D eigenvalue weighted by molar-refractivity contribution is 5.91. The van der Waals surface area contributed by atoms with E-state index in [0.717, 1.165) is 36.0 Å². The fraction of sp³-hybridized carbons (Fsp3) is 0.412. The summed E-state index contributed by atoms with van der Waals surface area (Å²) in [4.78, 5) is 18.6. The molecule has 0 saturated carbocycles. The topological polar surface area (TPSA) is 45.2 Å². The van der Waals surface area contributed by atoms with Gasteiger partial charge in [0.25, 0.3) is 6.43 Å². The zero-order valence-corrected chi connectivity index (χ0v) is 12.7. The molecule has 1 aromatic carbocycles. The van der Waals surface area contributed by atoms with Crippen LogP contribution in [0.25, 0.3) is 10.9 Å². The molecule has 1 amide bonds. The summed E-state index contributed by atoms with van der Waals surface area (Å²) in [5, 5.41) is 3.38. The van der Waals surface area contributed by atoms with E-state index in [9.17, 15) is 13.6 Å². The van der Waals surface area contributed by atoms with Crippen LogP contribution in [0.4, 0.5) is 14.5 Å². The third kappa shape index (κ3) is 3.57. The van der Waals surface area contributed by atoms with Gasteiger partial charge in [0, 0.05) is 30.4 Å². The predicted molar refractivity (Wildman–Crippen MR) is 85.7 cm³/mol. The Kier molecular flexibility index (Phi) is 4.69. The standard InChI is InChI=1S/C17H19F2N3O/c18-16(19)10-21-17(23)12-4-3-9-22(11-12)15-7-8-20-14-6-2-1-5-13(14)15/h1-2,5-8,12,16H,3-4,9-11H2,(H,21,23). The normalized spacial score (nSPS) is 18.4. The average Bonchev–Trinajstić information content (AvgIpc) is 2.59. The van der Waals surface area contributed by atoms with Crippen LogP contribution in [0.1, 0.15) is 12.8 Å². The van der Waals surface area contributed by atoms with E-state index in [4.69, 9.17) is 0 Å². The molecule has 1 saturated heterocycles. The molecule has 0 bridgehead atoms. The van der Waals surface area contributed by atoms with E-state index in [2.05, 4.69) is 15.2 Å². The lowest BCUT2D eigenvalue weighted by molar-refractivity contribution is -0.125. The monoisotopic (exact) mass is 319 g/mol. The van der Waals surface area contributed by atoms with E-state index >= 15 is 0 Å². The summed E-state index contributed by atoms with van der Waals surface area (Å²) in [5.74, 6) is -0.539. The number of para-hydroxylation sites is 1. The summed E-state index contributed by atoms with van der Waals surface area (Å²) >= 11 is 0. The minimum Gasteiger partial charge on any atom is -0.370 e. The highest BCUT2D eigenvalue weighted by Gasteiger charge is 2.27. The van der Waals surface area contributed by atoms with Crippen molar-refractivity contribution in [1.82, 2.24) is 10.3 Å². The second-order valence-electron chi connectivity index (χ2n) is 5.77. The number of nitrogens with one attached hydrogen (secondary N) is 1. The molecule has 0 radical (unpaired) electrons. The predicted octanol–water partition coefficient (Wildman–Crippen LogP) is 2.83. The Bertz CT molecular complexity index is 687. The number of hydrogen-bond donors (Lipinski definition) is 1. The van der Waals surface area contributed by atoms with Crippen molar-refractivity contribution in [3.63, 3.8) is 0 Å². The van der Waals surface area contributed by atoms with Crippen LogP contribution in [0.15, 0.2) is 36.5 Å². The molecule has 2 aromatic rings. The minimum atomic E-state index is -2.51. The maximum Gasteiger partial charge on any atom is 0.255 e. The third-order valence-electron chi connectivity index (χ3n) is 4.19. The number of fused-ring (bicyclic) bond motifs is 1. The molecule has 1 unspecified atom stereocenters. The number of piperidine rings is 1. The molecule has 2 heterocycles. The molecule has 1 atom stereocenters. The van der Waals surface area contributed by atoms with Crippen molar-refractivity contribution in [3.05, 3.63) is 36.5 Å². The first-order valence-corrected chi connectivity index (χ1v) is 7.79. The Morgan fingerprint density at radius 3 is 3.00 bits per heavy atom. The van der Waals surface area contributed by atoms with E-state index in [1.807, 2.05) is 30.3 Å². The van der Waals surface area contributed by atoms with Gasteiger partial charge in [0.05, 0.1) is 18.0 Å². The summed E-state index contributed by atoms with van der Waals surface area (Å²) in [5.41, 5.74) is 1.95. The van der Waals surface area contributed by atoms with Crippen molar-refractivity contribution in [3.8, 4) is 0 Å². The van der Waals surface area contributed by atoms with Crippen LogP contribution >= 0.6 is 0 Å². The van der Waals surface area contributed by atoms with E-state index in [1.54, 1.807) is 6.20 Å². The van der Waals surface area contributed by atoms with Gasteiger partial charge in [-0.25, -0.2) is 8.78 Å². The smallest absolute Gasteiger partial charge is 0.255 e. The SMILES string of the molecule is O=C(NCC(F)F)C1CCCN(c2ccnc3ccccc23)C1. The van der Waals surface area contributed by atoms with Crippen molar-refractivity contribution >= 4 is 22.5 Å². The zero-order chi connectivity index (χ0) is 16.2. The summed E-state index contributed by atoms with van der Waals surface area (Å²) in [6.45, 7) is 0.823. The quantitative estimate of drug-likeness (QED) is 0.942. The maximum atomic E-state index is 12.2. The molecule has 0 spiro atoms. The van der Waals surface area contributed by atoms with Crippen molar-refractivity contribution < 1.29 is 13.6 Å². The van der Waals surface area contributed by atoms with Gasteiger partial charge in [-0.1, -0.05) is 18.2 Å². The molecular weight excluding hydrogens is 300 g/mol. The molecule has 1 aromatic heterocycles. The lowest BCUT2D eigenvalue weighted by atomic mass is 9.96. The molecule has 122 valence electrons. The van der Waals surface area contributed by atoms with Crippen LogP contribution < -0.4 is 10.2 Å². The van der Waals surface area contributed by atoms with Crippen LogP contribution in [0.5, 0.6) is 0 Å². The molecule has 0 aliphatic carbocycles. The number of benzene rings is 1. The van der Waals surface area contributed by atoms with Crippen LogP contribution in [0.3, 0.4) is 0 Å². The number of hydrogen-bond acceptors (Lipinski definition) is 3. The molecule has 4 nitrogen and oxygen atoms in total. The summed E-state index contributed by atoms with van der Waals surface area (Å²) in [6.07, 6.45) is 0.846. The third-order valence-corrected chi connectivity index (χ3v) is 4.19. The Labute approximate surface area is 133 Å². The highest BCUT2D eigenvalue weighted by atomic mass is 19.3. The van der Waals surface area contributed by atoms with E-state index < -0.39 is 13.0 Å². The fourth-order valence-electron chi connectivity index (χ4n) is 3.09. The van der Waals surface area contributed by atoms with Gasteiger partial charge in [0.2, 0.25) is 5.91 Å². The highest BCUT2D eigenvalue weighted by Crippen LogP contribution is 2.29. The number of aromatic nitrogens is 1. The molecular formula is C17H19F2N3O. The maximum absolute atomic E-state index is 12.2. The summed E-state index contributed by atoms with van der Waals surface area (Å²) in [6, 6.07) is 9.82. The number of anilines is 1. The first kappa shape index (κ1) is 15.6. The largest absolute Gasteiger partial charge is 0.370 e. The Morgan fingerprint density at radius 1 is 1.35 bits per heavy atom. The van der Waals surface area contributed by atoms with Gasteiger partial charge in [-0.05, 0) is 25.0 Å². The Morgan fingerprint density at radius 2 is 2.17 bits per heavy atom. The molecule has 3 rings (SSSR count). The van der Waals surface area contributed by atoms with E-state index in [0.29, 0.717) is 6.54 Å². The Balaban J connectivity index is 1.76. The Hall–Kier alpha value is -2.24. The van der Waals surface area contributed by atoms with Gasteiger partial charge in [0.15, 0.2) is 0 Å². The van der Waals surface area contributed by atoms with Crippen LogP contribution in [0, 0.1) is 5.92 Å². The second-order valence-corrected chi connectivity index (χ2v) is 5.77. The van der Waals surface area contributed by atoms with Gasteiger partial charge >= 0.3 is 0 Å². The summed E-state index contributed by atoms with van der Waals surface area (Å²) < 4.78 is 24.5. The number of amides is 1. The molecule has 1 fully saturated rings. The van der Waals surface area contributed by atoms with Gasteiger partial charge in [-0.2, -0.15) is 0 Å². The van der Waals surface area contributed by atoms with Crippen molar-refractivity contribution in [2.45, 2.75) is 19.3 Å². The lowest BCUT2D eigenvalue weighted by Crippen LogP contribution is -2.44. The minimum absolute atomic E-state index is 0.255. The average molecular weight is 319 g/mol. The van der Waals surface area contributed by atoms with E-state index in [-0.39, 0.29) is 11.8 Å². The number of nitrogens with zero attached hydrogens (tertiary/aromatic N) is 2. The number of halogens is 2. The van der Waals surface area contributed by atoms with Crippen molar-refractivity contribution in [1.29, 1.82) is 0 Å². The summed E-state index contributed by atoms with van der Waals surface area (Å²) in [7, 11) is 0. The van der Waals surface area contributed by atoms with Crippen molar-refractivity contribution in [2.75, 3.05) is 24.5 Å². The number of pyridine rings is 1. The zero-order valence-electron chi connectivity index (χ0n) is 12.7. The van der Waals surface area contributed by atoms with Crippen LogP contribution in [0.2, 0.25) is 0 Å². The second kappa shape index (κ2) is 6.89. The lowest BCUT2D eigenvalue weighted by Gasteiger charge is -2.34. The number of carbonyl (C=O) groups excluding carboxylic acids is 1. The van der Waals surface area contributed by atoms with Gasteiger partial charge in [-0.3, -0.25) is 9.78 Å². The molecule has 23 heavy (non-hydrogen) atoms.